The molecule has 0 aliphatic heterocycles. The summed E-state index contributed by atoms with van der Waals surface area (Å²) in [6.45, 7) is 0. The van der Waals surface area contributed by atoms with Gasteiger partial charge in [-0.2, -0.15) is 5.10 Å². The minimum atomic E-state index is 0.247. The number of anilines is 3. The second kappa shape index (κ2) is 6.35. The highest BCUT2D eigenvalue weighted by Crippen LogP contribution is 2.34. The topological polar surface area (TPSA) is 183 Å². The van der Waals surface area contributed by atoms with Gasteiger partial charge in [0, 0.05) is 27.3 Å². The van der Waals surface area contributed by atoms with E-state index >= 15 is 0 Å². The van der Waals surface area contributed by atoms with Crippen molar-refractivity contribution in [1.29, 1.82) is 0 Å². The van der Waals surface area contributed by atoms with Crippen LogP contribution in [0, 0.1) is 0 Å². The first-order valence-electron chi connectivity index (χ1n) is 9.98. The molecule has 0 aliphatic carbocycles. The van der Waals surface area contributed by atoms with Crippen LogP contribution in [0.5, 0.6) is 0 Å². The van der Waals surface area contributed by atoms with E-state index in [1.165, 1.54) is 0 Å². The van der Waals surface area contributed by atoms with Crippen LogP contribution in [0.1, 0.15) is 0 Å². The van der Waals surface area contributed by atoms with Gasteiger partial charge >= 0.3 is 0 Å². The molecule has 6 rings (SSSR count). The summed E-state index contributed by atoms with van der Waals surface area (Å²) in [5.74, 6) is 1.75. The number of hydrogen-bond acceptors (Lipinski definition) is 10. The zero-order valence-electron chi connectivity index (χ0n) is 18.0. The number of imidazole rings is 3. The van der Waals surface area contributed by atoms with E-state index in [0.29, 0.717) is 56.6 Å². The van der Waals surface area contributed by atoms with Gasteiger partial charge in [0.2, 0.25) is 0 Å². The third kappa shape index (κ3) is 2.49. The maximum absolute atomic E-state index is 6.58. The van der Waals surface area contributed by atoms with Gasteiger partial charge in [-0.05, 0) is 6.07 Å². The lowest BCUT2D eigenvalue weighted by atomic mass is 10.2. The van der Waals surface area contributed by atoms with Gasteiger partial charge in [0.25, 0.3) is 0 Å². The Balaban J connectivity index is 1.57. The maximum Gasteiger partial charge on any atom is 0.174 e. The number of nitrogen functional groups attached to an aromatic ring is 3. The number of nitrogens with two attached hydrogens (primary N) is 3. The maximum atomic E-state index is 6.58. The van der Waals surface area contributed by atoms with Crippen molar-refractivity contribution in [2.24, 2.45) is 21.1 Å². The Morgan fingerprint density at radius 2 is 1.55 bits per heavy atom. The van der Waals surface area contributed by atoms with E-state index < -0.39 is 0 Å². The molecule has 33 heavy (non-hydrogen) atoms. The van der Waals surface area contributed by atoms with Gasteiger partial charge in [0.1, 0.15) is 28.1 Å². The molecular weight excluding hydrogens is 422 g/mol. The van der Waals surface area contributed by atoms with Crippen LogP contribution in [-0.2, 0) is 21.1 Å². The van der Waals surface area contributed by atoms with Crippen LogP contribution in [0.15, 0.2) is 24.8 Å². The van der Waals surface area contributed by atoms with Gasteiger partial charge in [-0.25, -0.2) is 24.9 Å². The van der Waals surface area contributed by atoms with Gasteiger partial charge in [0.05, 0.1) is 34.8 Å². The van der Waals surface area contributed by atoms with Crippen molar-refractivity contribution in [3.8, 4) is 22.9 Å². The van der Waals surface area contributed by atoms with Gasteiger partial charge in [-0.1, -0.05) is 0 Å². The van der Waals surface area contributed by atoms with Crippen molar-refractivity contribution in [2.75, 3.05) is 17.2 Å². The Morgan fingerprint density at radius 3 is 2.33 bits per heavy atom. The lowest BCUT2D eigenvalue weighted by Crippen LogP contribution is -2.01. The number of aromatic nitrogens is 10. The zero-order chi connectivity index (χ0) is 23.0. The number of nitrogens with zero attached hydrogens (tertiary/aromatic N) is 10. The molecule has 13 heteroatoms. The Bertz CT molecular complexity index is 1740. The van der Waals surface area contributed by atoms with Crippen LogP contribution in [0.4, 0.5) is 17.3 Å². The van der Waals surface area contributed by atoms with Crippen molar-refractivity contribution in [3.05, 3.63) is 24.8 Å². The molecular formula is C20H19N13. The number of fused-ring (bicyclic) bond motifs is 3. The van der Waals surface area contributed by atoms with Crippen LogP contribution >= 0.6 is 0 Å². The quantitative estimate of drug-likeness (QED) is 0.350. The molecule has 0 fully saturated rings. The zero-order valence-corrected chi connectivity index (χ0v) is 18.0. The second-order valence-corrected chi connectivity index (χ2v) is 7.83. The van der Waals surface area contributed by atoms with Crippen LogP contribution in [0.2, 0.25) is 0 Å². The highest BCUT2D eigenvalue weighted by Gasteiger charge is 2.21. The Hall–Kier alpha value is -4.81. The van der Waals surface area contributed by atoms with Crippen molar-refractivity contribution in [2.45, 2.75) is 0 Å². The highest BCUT2D eigenvalue weighted by atomic mass is 15.2. The number of pyridine rings is 2. The van der Waals surface area contributed by atoms with Crippen molar-refractivity contribution >= 4 is 50.6 Å². The molecule has 0 radical (unpaired) electrons. The number of hydrogen-bond donors (Lipinski definition) is 3. The molecule has 6 aromatic rings. The molecule has 0 saturated carbocycles. The third-order valence-electron chi connectivity index (χ3n) is 5.86. The molecule has 0 atom stereocenters. The fourth-order valence-corrected chi connectivity index (χ4v) is 4.10. The van der Waals surface area contributed by atoms with Gasteiger partial charge in [-0.3, -0.25) is 0 Å². The monoisotopic (exact) mass is 441 g/mol. The first-order valence-corrected chi connectivity index (χ1v) is 9.98. The molecule has 0 amide bonds. The SMILES string of the molecule is Cn1cnc2c(N)nc(-c3nc4c(N)c(-c5nc6c(N)nncc6n5C)cnc4n3C)cc21. The number of aryl methyl sites for hydroxylation is 3. The van der Waals surface area contributed by atoms with Crippen LogP contribution in [0.25, 0.3) is 56.1 Å². The summed E-state index contributed by atoms with van der Waals surface area (Å²) in [6.07, 6.45) is 4.98. The lowest BCUT2D eigenvalue weighted by molar-refractivity contribution is 0.930. The average molecular weight is 441 g/mol. The first-order chi connectivity index (χ1) is 15.8. The smallest absolute Gasteiger partial charge is 0.174 e. The molecule has 0 aromatic carbocycles. The van der Waals surface area contributed by atoms with E-state index in [-0.39, 0.29) is 5.82 Å². The predicted molar refractivity (Wildman–Crippen MR) is 125 cm³/mol. The third-order valence-corrected chi connectivity index (χ3v) is 5.86. The fraction of sp³-hybridized carbons (Fsp3) is 0.150. The summed E-state index contributed by atoms with van der Waals surface area (Å²) in [6, 6.07) is 1.89. The first kappa shape index (κ1) is 18.9. The minimum Gasteiger partial charge on any atom is -0.396 e. The van der Waals surface area contributed by atoms with Crippen molar-refractivity contribution < 1.29 is 0 Å². The average Bonchev–Trinajstić information content (AvgIpc) is 3.44. The highest BCUT2D eigenvalue weighted by molar-refractivity contribution is 5.97. The van der Waals surface area contributed by atoms with E-state index in [9.17, 15) is 0 Å². The molecule has 0 bridgehead atoms. The van der Waals surface area contributed by atoms with E-state index in [2.05, 4.69) is 30.1 Å². The second-order valence-electron chi connectivity index (χ2n) is 7.83. The van der Waals surface area contributed by atoms with E-state index in [1.807, 2.05) is 40.9 Å². The summed E-state index contributed by atoms with van der Waals surface area (Å²) < 4.78 is 5.56. The van der Waals surface area contributed by atoms with Crippen LogP contribution in [0.3, 0.4) is 0 Å². The molecule has 0 spiro atoms. The van der Waals surface area contributed by atoms with Crippen molar-refractivity contribution in [3.63, 3.8) is 0 Å². The van der Waals surface area contributed by atoms with E-state index in [1.54, 1.807) is 18.7 Å². The molecule has 0 unspecified atom stereocenters. The fourth-order valence-electron chi connectivity index (χ4n) is 4.10. The van der Waals surface area contributed by atoms with Crippen LogP contribution in [-0.4, -0.2) is 48.8 Å². The lowest BCUT2D eigenvalue weighted by Gasteiger charge is -2.06. The summed E-state index contributed by atoms with van der Waals surface area (Å²) in [5.41, 5.74) is 24.3. The van der Waals surface area contributed by atoms with Gasteiger partial charge < -0.3 is 30.9 Å². The number of rotatable bonds is 2. The molecule has 0 saturated heterocycles. The standard InChI is InChI=1S/C20H19N13/c1-31-7-25-13-10(31)4-9(27-16(13)22)19-29-15-12(21)8(5-24-20(15)33(19)3)18-28-14-11(32(18)2)6-26-30-17(14)23/h4-7H,1-3H3,(H2,21,24)(H2,22,27)(H2,23,30). The summed E-state index contributed by atoms with van der Waals surface area (Å²) in [4.78, 5) is 22.8. The summed E-state index contributed by atoms with van der Waals surface area (Å²) >= 11 is 0. The molecule has 164 valence electrons. The van der Waals surface area contributed by atoms with Gasteiger partial charge in [0.15, 0.2) is 23.1 Å². The van der Waals surface area contributed by atoms with Crippen LogP contribution < -0.4 is 17.2 Å². The Labute approximate surface area is 185 Å². The van der Waals surface area contributed by atoms with E-state index in [0.717, 1.165) is 11.0 Å². The molecule has 6 N–H and O–H groups in total. The Kier molecular flexibility index (Phi) is 3.64. The molecule has 13 nitrogen and oxygen atoms in total. The van der Waals surface area contributed by atoms with E-state index in [4.69, 9.17) is 22.2 Å². The summed E-state index contributed by atoms with van der Waals surface area (Å²) in [5, 5.41) is 7.78. The normalized spacial score (nSPS) is 11.8. The minimum absolute atomic E-state index is 0.247. The van der Waals surface area contributed by atoms with Crippen molar-refractivity contribution in [1.82, 2.24) is 48.8 Å². The largest absolute Gasteiger partial charge is 0.396 e. The molecule has 0 aliphatic rings. The molecule has 6 aromatic heterocycles. The molecule has 6 heterocycles. The summed E-state index contributed by atoms with van der Waals surface area (Å²) in [7, 11) is 5.61. The Morgan fingerprint density at radius 1 is 0.758 bits per heavy atom. The van der Waals surface area contributed by atoms with Gasteiger partial charge in [-0.15, -0.1) is 5.10 Å². The predicted octanol–water partition coefficient (Wildman–Crippen LogP) is 1.01.